The van der Waals surface area contributed by atoms with E-state index in [4.69, 9.17) is 4.98 Å². The summed E-state index contributed by atoms with van der Waals surface area (Å²) in [5.74, 6) is 0.671. The molecule has 0 saturated carbocycles. The van der Waals surface area contributed by atoms with Crippen LogP contribution in [0.1, 0.15) is 62.7 Å². The van der Waals surface area contributed by atoms with Gasteiger partial charge in [-0.2, -0.15) is 5.10 Å². The van der Waals surface area contributed by atoms with Gasteiger partial charge in [-0.1, -0.05) is 78.0 Å². The van der Waals surface area contributed by atoms with E-state index in [-0.39, 0.29) is 5.41 Å². The number of hydrogen-bond acceptors (Lipinski definition) is 4. The van der Waals surface area contributed by atoms with Crippen molar-refractivity contribution in [3.05, 3.63) is 130 Å². The van der Waals surface area contributed by atoms with Gasteiger partial charge in [0.05, 0.1) is 11.0 Å². The van der Waals surface area contributed by atoms with Gasteiger partial charge < -0.3 is 10.3 Å². The number of rotatable bonds is 11. The van der Waals surface area contributed by atoms with Crippen molar-refractivity contribution in [1.82, 2.24) is 25.5 Å². The Labute approximate surface area is 254 Å². The molecule has 0 unspecified atom stereocenters. The van der Waals surface area contributed by atoms with Gasteiger partial charge in [-0.25, -0.2) is 4.98 Å². The topological polar surface area (TPSA) is 69.4 Å². The van der Waals surface area contributed by atoms with Gasteiger partial charge in [0.1, 0.15) is 5.69 Å². The minimum Gasteiger partial charge on any atom is -0.359 e. The second-order valence-electron chi connectivity index (χ2n) is 11.1. The van der Waals surface area contributed by atoms with Crippen LogP contribution >= 0.6 is 11.3 Å². The number of H-pyrrole nitrogens is 2. The molecule has 0 atom stereocenters. The molecule has 0 aromatic carbocycles. The molecule has 3 rings (SSSR count). The number of aromatic amines is 2. The number of aryl methyl sites for hydroxylation is 1. The SMILES string of the molecule is C=C/C=C(/c1ccc(C(=C)C)s1)c1nc(-c2n[nH]c(=C/C)/c2=C\C(=C)C(/C=C(\C=C)NC(=C)C(C)(C)C)=C/C)[nH]c1C. The largest absolute Gasteiger partial charge is 0.359 e. The Morgan fingerprint density at radius 2 is 1.76 bits per heavy atom. The summed E-state index contributed by atoms with van der Waals surface area (Å²) in [6.07, 6.45) is 13.7. The molecule has 3 aromatic heterocycles. The summed E-state index contributed by atoms with van der Waals surface area (Å²) < 4.78 is 0. The Morgan fingerprint density at radius 1 is 1.07 bits per heavy atom. The van der Waals surface area contributed by atoms with E-state index in [9.17, 15) is 0 Å². The third kappa shape index (κ3) is 7.25. The quantitative estimate of drug-likeness (QED) is 0.202. The van der Waals surface area contributed by atoms with Crippen LogP contribution in [0.5, 0.6) is 0 Å². The highest BCUT2D eigenvalue weighted by atomic mass is 32.1. The van der Waals surface area contributed by atoms with Crippen LogP contribution < -0.4 is 15.9 Å². The van der Waals surface area contributed by atoms with E-state index in [0.717, 1.165) is 65.4 Å². The third-order valence-corrected chi connectivity index (χ3v) is 8.08. The second kappa shape index (κ2) is 13.5. The smallest absolute Gasteiger partial charge is 0.159 e. The average molecular weight is 578 g/mol. The third-order valence-electron chi connectivity index (χ3n) is 6.79. The van der Waals surface area contributed by atoms with Crippen molar-refractivity contribution < 1.29 is 0 Å². The fraction of sp³-hybridized carbons (Fsp3) is 0.222. The lowest BCUT2D eigenvalue weighted by Gasteiger charge is -2.24. The van der Waals surface area contributed by atoms with E-state index in [1.807, 2.05) is 58.1 Å². The van der Waals surface area contributed by atoms with Gasteiger partial charge in [-0.05, 0) is 74.8 Å². The Balaban J connectivity index is 2.08. The number of imidazole rings is 1. The minimum atomic E-state index is -0.0873. The summed E-state index contributed by atoms with van der Waals surface area (Å²) in [6, 6.07) is 4.20. The molecular formula is C36H43N5S. The molecule has 0 spiro atoms. The molecule has 6 heteroatoms. The van der Waals surface area contributed by atoms with Crippen LogP contribution in [0.15, 0.2) is 97.9 Å². The van der Waals surface area contributed by atoms with Gasteiger partial charge in [-0.3, -0.25) is 5.10 Å². The van der Waals surface area contributed by atoms with Gasteiger partial charge in [0.15, 0.2) is 5.82 Å². The number of aromatic nitrogens is 4. The fourth-order valence-electron chi connectivity index (χ4n) is 4.15. The van der Waals surface area contributed by atoms with Crippen LogP contribution in [0.4, 0.5) is 0 Å². The Kier molecular flexibility index (Phi) is 10.3. The predicted molar refractivity (Wildman–Crippen MR) is 184 cm³/mol. The van der Waals surface area contributed by atoms with Gasteiger partial charge in [-0.15, -0.1) is 11.3 Å². The van der Waals surface area contributed by atoms with Crippen molar-refractivity contribution in [1.29, 1.82) is 0 Å². The molecule has 0 aliphatic carbocycles. The molecular weight excluding hydrogens is 534 g/mol. The molecule has 3 N–H and O–H groups in total. The average Bonchev–Trinajstić information content (AvgIpc) is 3.67. The lowest BCUT2D eigenvalue weighted by atomic mass is 9.92. The lowest BCUT2D eigenvalue weighted by molar-refractivity contribution is 0.478. The van der Waals surface area contributed by atoms with Crippen LogP contribution in [-0.4, -0.2) is 20.2 Å². The highest BCUT2D eigenvalue weighted by molar-refractivity contribution is 7.14. The van der Waals surface area contributed by atoms with Crippen molar-refractivity contribution in [3.8, 4) is 11.5 Å². The Morgan fingerprint density at radius 3 is 2.31 bits per heavy atom. The zero-order valence-corrected chi connectivity index (χ0v) is 26.9. The molecule has 218 valence electrons. The predicted octanol–water partition coefficient (Wildman–Crippen LogP) is 8.12. The number of thiophene rings is 1. The molecule has 0 bridgehead atoms. The molecule has 3 heterocycles. The van der Waals surface area contributed by atoms with E-state index in [1.54, 1.807) is 23.5 Å². The first-order valence-electron chi connectivity index (χ1n) is 13.9. The van der Waals surface area contributed by atoms with Crippen molar-refractivity contribution >= 4 is 34.6 Å². The maximum atomic E-state index is 5.03. The zero-order chi connectivity index (χ0) is 31.2. The summed E-state index contributed by atoms with van der Waals surface area (Å²) in [5, 5.41) is 13.0. The number of allylic oxidation sites excluding steroid dienone is 9. The minimum absolute atomic E-state index is 0.0873. The van der Waals surface area contributed by atoms with Crippen LogP contribution in [-0.2, 0) is 0 Å². The summed E-state index contributed by atoms with van der Waals surface area (Å²) in [6.45, 7) is 35.0. The van der Waals surface area contributed by atoms with E-state index in [0.29, 0.717) is 11.5 Å². The maximum Gasteiger partial charge on any atom is 0.159 e. The molecule has 42 heavy (non-hydrogen) atoms. The first kappa shape index (κ1) is 32.1. The highest BCUT2D eigenvalue weighted by Crippen LogP contribution is 2.33. The molecule has 0 saturated heterocycles. The van der Waals surface area contributed by atoms with Crippen molar-refractivity contribution in [2.75, 3.05) is 0 Å². The number of nitrogens with one attached hydrogen (secondary N) is 3. The first-order valence-corrected chi connectivity index (χ1v) is 14.7. The molecule has 0 amide bonds. The van der Waals surface area contributed by atoms with Crippen LogP contribution in [0.3, 0.4) is 0 Å². The summed E-state index contributed by atoms with van der Waals surface area (Å²) in [4.78, 5) is 10.7. The van der Waals surface area contributed by atoms with E-state index in [2.05, 4.69) is 86.3 Å². The van der Waals surface area contributed by atoms with Gasteiger partial charge in [0.2, 0.25) is 0 Å². The zero-order valence-electron chi connectivity index (χ0n) is 26.0. The molecule has 0 aliphatic heterocycles. The maximum absolute atomic E-state index is 5.03. The normalized spacial score (nSPS) is 13.8. The molecule has 5 nitrogen and oxygen atoms in total. The van der Waals surface area contributed by atoms with Crippen LogP contribution in [0, 0.1) is 12.3 Å². The molecule has 3 aromatic rings. The Bertz CT molecular complexity index is 1750. The standard InChI is InChI=1S/C36H43N5S/c1-13-17-28(32-19-18-31(42-32)22(5)6)33-24(8)37-35(39-33)34-29(30(16-4)40-41-34)20-23(7)26(14-2)21-27(15-3)38-25(9)36(10,11)12/h13-21,38,40H,1,3,5,7,9H2,2,4,6,8,10-12H3,(H,37,39)/b26-14+,27-21+,28-17-,29-20+,30-16+. The second-order valence-corrected chi connectivity index (χ2v) is 12.2. The Hall–Kier alpha value is -4.42. The van der Waals surface area contributed by atoms with Crippen molar-refractivity contribution in [2.45, 2.75) is 48.5 Å². The molecule has 0 fully saturated rings. The fourth-order valence-corrected chi connectivity index (χ4v) is 5.11. The van der Waals surface area contributed by atoms with Crippen LogP contribution in [0.2, 0.25) is 0 Å². The van der Waals surface area contributed by atoms with Crippen LogP contribution in [0.25, 0.3) is 34.8 Å². The van der Waals surface area contributed by atoms with Crippen molar-refractivity contribution in [3.63, 3.8) is 0 Å². The molecule has 0 aliphatic rings. The van der Waals surface area contributed by atoms with Crippen molar-refractivity contribution in [2.24, 2.45) is 5.41 Å². The van der Waals surface area contributed by atoms with E-state index < -0.39 is 0 Å². The summed E-state index contributed by atoms with van der Waals surface area (Å²) in [5.41, 5.74) is 7.99. The van der Waals surface area contributed by atoms with E-state index >= 15 is 0 Å². The number of nitrogens with zero attached hydrogens (tertiary/aromatic N) is 2. The first-order chi connectivity index (χ1) is 19.8. The van der Waals surface area contributed by atoms with E-state index in [1.165, 1.54) is 0 Å². The van der Waals surface area contributed by atoms with Gasteiger partial charge >= 0.3 is 0 Å². The van der Waals surface area contributed by atoms with Gasteiger partial charge in [0, 0.05) is 43.0 Å². The monoisotopic (exact) mass is 577 g/mol. The summed E-state index contributed by atoms with van der Waals surface area (Å²) >= 11 is 1.69. The summed E-state index contributed by atoms with van der Waals surface area (Å²) in [7, 11) is 0. The molecule has 0 radical (unpaired) electrons. The van der Waals surface area contributed by atoms with Gasteiger partial charge in [0.25, 0.3) is 0 Å². The number of hydrogen-bond donors (Lipinski definition) is 3. The highest BCUT2D eigenvalue weighted by Gasteiger charge is 2.19. The lowest BCUT2D eigenvalue weighted by Crippen LogP contribution is -2.24.